The van der Waals surface area contributed by atoms with Gasteiger partial charge in [0.1, 0.15) is 5.75 Å². The molecule has 0 saturated heterocycles. The molecule has 0 bridgehead atoms. The van der Waals surface area contributed by atoms with E-state index in [0.29, 0.717) is 16.9 Å². The Morgan fingerprint density at radius 2 is 1.68 bits per heavy atom. The highest BCUT2D eigenvalue weighted by atomic mass is 16.6. The zero-order valence-corrected chi connectivity index (χ0v) is 12.3. The quantitative estimate of drug-likeness (QED) is 0.282. The van der Waals surface area contributed by atoms with Crippen molar-refractivity contribution in [3.8, 4) is 5.75 Å². The molecular weight excluding hydrogens is 282 g/mol. The van der Waals surface area contributed by atoms with Gasteiger partial charge in [-0.25, -0.2) is 4.79 Å². The van der Waals surface area contributed by atoms with Gasteiger partial charge in [0, 0.05) is 17.7 Å². The number of benzene rings is 2. The van der Waals surface area contributed by atoms with Gasteiger partial charge in [0.25, 0.3) is 5.69 Å². The summed E-state index contributed by atoms with van der Waals surface area (Å²) in [4.78, 5) is 22.1. The Morgan fingerprint density at radius 3 is 2.23 bits per heavy atom. The summed E-state index contributed by atoms with van der Waals surface area (Å²) in [6.45, 7) is 3.59. The van der Waals surface area contributed by atoms with E-state index >= 15 is 0 Å². The maximum Gasteiger partial charge on any atom is 0.339 e. The molecule has 22 heavy (non-hydrogen) atoms. The third kappa shape index (κ3) is 4.02. The summed E-state index contributed by atoms with van der Waals surface area (Å²) in [6.07, 6.45) is 1.63. The van der Waals surface area contributed by atoms with E-state index in [2.05, 4.69) is 0 Å². The summed E-state index contributed by atoms with van der Waals surface area (Å²) in [5.41, 5.74) is 2.20. The standard InChI is InChI=1S/C17H15NO4/c1-12-3-9-16(10-4-12)22-17(19)13(2)11-14-5-7-15(8-6-14)18(20)21/h3-11H,1-2H3/b13-11+. The zero-order valence-electron chi connectivity index (χ0n) is 12.3. The van der Waals surface area contributed by atoms with Crippen molar-refractivity contribution in [3.63, 3.8) is 0 Å². The summed E-state index contributed by atoms with van der Waals surface area (Å²) >= 11 is 0. The fourth-order valence-corrected chi connectivity index (χ4v) is 1.80. The first-order valence-electron chi connectivity index (χ1n) is 6.67. The van der Waals surface area contributed by atoms with Gasteiger partial charge in [-0.15, -0.1) is 0 Å². The molecule has 2 aromatic carbocycles. The summed E-state index contributed by atoms with van der Waals surface area (Å²) in [5.74, 6) is 0.0225. The number of non-ortho nitro benzene ring substituents is 1. The highest BCUT2D eigenvalue weighted by Crippen LogP contribution is 2.16. The van der Waals surface area contributed by atoms with Crippen LogP contribution >= 0.6 is 0 Å². The van der Waals surface area contributed by atoms with Crippen molar-refractivity contribution in [1.82, 2.24) is 0 Å². The van der Waals surface area contributed by atoms with E-state index in [-0.39, 0.29) is 5.69 Å². The number of rotatable bonds is 4. The molecule has 0 saturated carbocycles. The Hall–Kier alpha value is -2.95. The number of carbonyl (C=O) groups is 1. The average Bonchev–Trinajstić information content (AvgIpc) is 2.50. The van der Waals surface area contributed by atoms with E-state index in [1.807, 2.05) is 19.1 Å². The molecule has 0 fully saturated rings. The number of hydrogen-bond donors (Lipinski definition) is 0. The highest BCUT2D eigenvalue weighted by molar-refractivity contribution is 5.94. The smallest absolute Gasteiger partial charge is 0.339 e. The summed E-state index contributed by atoms with van der Waals surface area (Å²) < 4.78 is 5.25. The molecule has 0 aliphatic carbocycles. The Balaban J connectivity index is 2.08. The average molecular weight is 297 g/mol. The van der Waals surface area contributed by atoms with Crippen molar-refractivity contribution in [1.29, 1.82) is 0 Å². The number of ether oxygens (including phenoxy) is 1. The van der Waals surface area contributed by atoms with Crippen LogP contribution in [0.3, 0.4) is 0 Å². The topological polar surface area (TPSA) is 69.4 Å². The Morgan fingerprint density at radius 1 is 1.09 bits per heavy atom. The van der Waals surface area contributed by atoms with Gasteiger partial charge in [0.15, 0.2) is 0 Å². The molecule has 112 valence electrons. The van der Waals surface area contributed by atoms with Crippen LogP contribution in [0.1, 0.15) is 18.1 Å². The Kier molecular flexibility index (Phi) is 4.68. The van der Waals surface area contributed by atoms with Crippen LogP contribution in [-0.2, 0) is 4.79 Å². The van der Waals surface area contributed by atoms with E-state index in [1.165, 1.54) is 12.1 Å². The zero-order chi connectivity index (χ0) is 16.1. The van der Waals surface area contributed by atoms with Crippen molar-refractivity contribution in [3.05, 3.63) is 75.3 Å². The number of nitro benzene ring substituents is 1. The molecule has 0 N–H and O–H groups in total. The SMILES string of the molecule is C/C(=C\c1ccc([N+](=O)[O-])cc1)C(=O)Oc1ccc(C)cc1. The molecule has 2 rings (SSSR count). The van der Waals surface area contributed by atoms with Crippen LogP contribution in [0.15, 0.2) is 54.1 Å². The molecule has 0 unspecified atom stereocenters. The number of aryl methyl sites for hydroxylation is 1. The highest BCUT2D eigenvalue weighted by Gasteiger charge is 2.08. The predicted molar refractivity (Wildman–Crippen MR) is 83.6 cm³/mol. The number of nitrogens with zero attached hydrogens (tertiary/aromatic N) is 1. The third-order valence-electron chi connectivity index (χ3n) is 3.04. The lowest BCUT2D eigenvalue weighted by Crippen LogP contribution is -2.09. The summed E-state index contributed by atoms with van der Waals surface area (Å²) in [6, 6.07) is 13.1. The molecule has 0 amide bonds. The number of esters is 1. The van der Waals surface area contributed by atoms with Gasteiger partial charge in [-0.2, -0.15) is 0 Å². The van der Waals surface area contributed by atoms with Gasteiger partial charge < -0.3 is 4.74 Å². The lowest BCUT2D eigenvalue weighted by atomic mass is 10.1. The second-order valence-corrected chi connectivity index (χ2v) is 4.88. The molecule has 0 heterocycles. The maximum absolute atomic E-state index is 12.0. The van der Waals surface area contributed by atoms with E-state index in [0.717, 1.165) is 5.56 Å². The van der Waals surface area contributed by atoms with Crippen LogP contribution in [0.2, 0.25) is 0 Å². The van der Waals surface area contributed by atoms with Crippen LogP contribution in [0.25, 0.3) is 6.08 Å². The van der Waals surface area contributed by atoms with Crippen LogP contribution in [0.5, 0.6) is 5.75 Å². The molecule has 2 aromatic rings. The molecule has 5 nitrogen and oxygen atoms in total. The molecule has 5 heteroatoms. The molecular formula is C17H15NO4. The van der Waals surface area contributed by atoms with Crippen LogP contribution in [-0.4, -0.2) is 10.9 Å². The first-order valence-corrected chi connectivity index (χ1v) is 6.67. The third-order valence-corrected chi connectivity index (χ3v) is 3.04. The molecule has 0 spiro atoms. The van der Waals surface area contributed by atoms with Gasteiger partial charge in [-0.05, 0) is 49.8 Å². The second kappa shape index (κ2) is 6.67. The predicted octanol–water partition coefficient (Wildman–Crippen LogP) is 3.91. The van der Waals surface area contributed by atoms with Crippen molar-refractivity contribution < 1.29 is 14.5 Å². The lowest BCUT2D eigenvalue weighted by molar-refractivity contribution is -0.384. The lowest BCUT2D eigenvalue weighted by Gasteiger charge is -2.05. The van der Waals surface area contributed by atoms with Gasteiger partial charge in [-0.3, -0.25) is 10.1 Å². The van der Waals surface area contributed by atoms with Crippen LogP contribution in [0, 0.1) is 17.0 Å². The van der Waals surface area contributed by atoms with Crippen LogP contribution < -0.4 is 4.74 Å². The minimum Gasteiger partial charge on any atom is -0.423 e. The number of nitro groups is 1. The Bertz CT molecular complexity index is 715. The van der Waals surface area contributed by atoms with E-state index < -0.39 is 10.9 Å². The minimum atomic E-state index is -0.466. The summed E-state index contributed by atoms with van der Waals surface area (Å²) in [7, 11) is 0. The fraction of sp³-hybridized carbons (Fsp3) is 0.118. The van der Waals surface area contributed by atoms with Gasteiger partial charge in [0.05, 0.1) is 4.92 Å². The van der Waals surface area contributed by atoms with Gasteiger partial charge in [-0.1, -0.05) is 17.7 Å². The van der Waals surface area contributed by atoms with E-state index in [1.54, 1.807) is 37.3 Å². The first kappa shape index (κ1) is 15.4. The van der Waals surface area contributed by atoms with Crippen LogP contribution in [0.4, 0.5) is 5.69 Å². The van der Waals surface area contributed by atoms with Crippen molar-refractivity contribution >= 4 is 17.7 Å². The summed E-state index contributed by atoms with van der Waals surface area (Å²) in [5, 5.41) is 10.6. The number of hydrogen-bond acceptors (Lipinski definition) is 4. The largest absolute Gasteiger partial charge is 0.423 e. The fourth-order valence-electron chi connectivity index (χ4n) is 1.80. The van der Waals surface area contributed by atoms with Crippen molar-refractivity contribution in [2.24, 2.45) is 0 Å². The minimum absolute atomic E-state index is 0.0111. The Labute approximate surface area is 128 Å². The maximum atomic E-state index is 12.0. The number of carbonyl (C=O) groups excluding carboxylic acids is 1. The molecule has 0 aromatic heterocycles. The van der Waals surface area contributed by atoms with E-state index in [4.69, 9.17) is 4.74 Å². The van der Waals surface area contributed by atoms with Gasteiger partial charge in [0.2, 0.25) is 0 Å². The molecule has 0 radical (unpaired) electrons. The first-order chi connectivity index (χ1) is 10.5. The van der Waals surface area contributed by atoms with Crippen molar-refractivity contribution in [2.75, 3.05) is 0 Å². The molecule has 0 atom stereocenters. The molecule has 0 aliphatic heterocycles. The van der Waals surface area contributed by atoms with Crippen molar-refractivity contribution in [2.45, 2.75) is 13.8 Å². The van der Waals surface area contributed by atoms with Gasteiger partial charge >= 0.3 is 5.97 Å². The van der Waals surface area contributed by atoms with E-state index in [9.17, 15) is 14.9 Å². The molecule has 0 aliphatic rings. The second-order valence-electron chi connectivity index (χ2n) is 4.88. The normalized spacial score (nSPS) is 11.1. The monoisotopic (exact) mass is 297 g/mol.